The zero-order valence-electron chi connectivity index (χ0n) is 12.1. The second kappa shape index (κ2) is 4.53. The molecule has 0 radical (unpaired) electrons. The molecule has 3 heterocycles. The van der Waals surface area contributed by atoms with Crippen LogP contribution < -0.4 is 4.74 Å². The van der Waals surface area contributed by atoms with Gasteiger partial charge in [-0.15, -0.1) is 0 Å². The van der Waals surface area contributed by atoms with Crippen molar-refractivity contribution >= 4 is 9.84 Å². The van der Waals surface area contributed by atoms with Crippen molar-refractivity contribution in [2.75, 3.05) is 0 Å². The van der Waals surface area contributed by atoms with Crippen LogP contribution in [0.5, 0.6) is 11.5 Å². The minimum atomic E-state index is -3.50. The molecule has 0 saturated heterocycles. The van der Waals surface area contributed by atoms with Gasteiger partial charge in [0.15, 0.2) is 15.6 Å². The van der Waals surface area contributed by atoms with Gasteiger partial charge in [0.25, 0.3) is 0 Å². The third-order valence-corrected chi connectivity index (χ3v) is 4.97. The fraction of sp³-hybridized carbons (Fsp3) is 0.333. The summed E-state index contributed by atoms with van der Waals surface area (Å²) in [5, 5.41) is 0. The average Bonchev–Trinajstić information content (AvgIpc) is 2.50. The highest BCUT2D eigenvalue weighted by Gasteiger charge is 2.30. The minimum absolute atomic E-state index is 0.163. The van der Waals surface area contributed by atoms with Crippen molar-refractivity contribution in [3.8, 4) is 11.5 Å². The predicted molar refractivity (Wildman–Crippen MR) is 78.1 cm³/mol. The van der Waals surface area contributed by atoms with Gasteiger partial charge in [0.2, 0.25) is 0 Å². The van der Waals surface area contributed by atoms with Gasteiger partial charge in [0, 0.05) is 17.3 Å². The molecule has 0 atom stereocenters. The third kappa shape index (κ3) is 2.51. The molecular weight excluding hydrogens is 288 g/mol. The number of hydrogen-bond donors (Lipinski definition) is 0. The van der Waals surface area contributed by atoms with Gasteiger partial charge in [-0.05, 0) is 18.2 Å². The van der Waals surface area contributed by atoms with E-state index in [2.05, 4.69) is 9.97 Å². The summed E-state index contributed by atoms with van der Waals surface area (Å²) in [5.74, 6) is 0.559. The number of hydrogen-bond acceptors (Lipinski definition) is 5. The summed E-state index contributed by atoms with van der Waals surface area (Å²) in [6, 6.07) is 5.04. The second-order valence-electron chi connectivity index (χ2n) is 6.08. The fourth-order valence-electron chi connectivity index (χ4n) is 2.15. The average molecular weight is 304 g/mol. The summed E-state index contributed by atoms with van der Waals surface area (Å²) < 4.78 is 30.9. The number of pyridine rings is 2. The van der Waals surface area contributed by atoms with E-state index in [0.717, 1.165) is 0 Å². The highest BCUT2D eigenvalue weighted by Crippen LogP contribution is 2.37. The lowest BCUT2D eigenvalue weighted by atomic mass is 9.92. The summed E-state index contributed by atoms with van der Waals surface area (Å²) >= 11 is 0. The normalized spacial score (nSPS) is 16.3. The van der Waals surface area contributed by atoms with Gasteiger partial charge in [-0.25, -0.2) is 8.42 Å². The molecule has 6 heteroatoms. The Labute approximate surface area is 123 Å². The van der Waals surface area contributed by atoms with Gasteiger partial charge in [-0.1, -0.05) is 20.8 Å². The van der Waals surface area contributed by atoms with E-state index in [-0.39, 0.29) is 21.8 Å². The largest absolute Gasteiger partial charge is 0.452 e. The minimum Gasteiger partial charge on any atom is -0.452 e. The molecule has 0 saturated carbocycles. The fourth-order valence-corrected chi connectivity index (χ4v) is 3.58. The zero-order chi connectivity index (χ0) is 15.3. The maximum absolute atomic E-state index is 12.6. The van der Waals surface area contributed by atoms with Crippen LogP contribution in [0.15, 0.2) is 35.5 Å². The topological polar surface area (TPSA) is 69.2 Å². The molecule has 0 unspecified atom stereocenters. The summed E-state index contributed by atoms with van der Waals surface area (Å²) in [5.41, 5.74) is 0.903. The first-order chi connectivity index (χ1) is 9.77. The van der Waals surface area contributed by atoms with E-state index < -0.39 is 9.84 Å². The Kier molecular flexibility index (Phi) is 3.02. The van der Waals surface area contributed by atoms with E-state index in [0.29, 0.717) is 17.1 Å². The van der Waals surface area contributed by atoms with Crippen LogP contribution in [0.2, 0.25) is 0 Å². The van der Waals surface area contributed by atoms with E-state index in [1.54, 1.807) is 24.4 Å². The first-order valence-electron chi connectivity index (χ1n) is 6.62. The first-order valence-corrected chi connectivity index (χ1v) is 8.28. The van der Waals surface area contributed by atoms with E-state index in [9.17, 15) is 8.42 Å². The van der Waals surface area contributed by atoms with Crippen molar-refractivity contribution in [1.82, 2.24) is 9.97 Å². The Bertz CT molecular complexity index is 808. The summed E-state index contributed by atoms with van der Waals surface area (Å²) in [6.07, 6.45) is 3.04. The number of rotatable bonds is 0. The molecule has 1 aliphatic heterocycles. The maximum Gasteiger partial charge on any atom is 0.188 e. The van der Waals surface area contributed by atoms with E-state index in [1.807, 2.05) is 20.8 Å². The molecule has 0 bridgehead atoms. The maximum atomic E-state index is 12.6. The Morgan fingerprint density at radius 3 is 2.67 bits per heavy atom. The van der Waals surface area contributed by atoms with Crippen molar-refractivity contribution in [2.24, 2.45) is 0 Å². The molecule has 0 N–H and O–H groups in total. The molecule has 110 valence electrons. The van der Waals surface area contributed by atoms with Crippen LogP contribution in [0.25, 0.3) is 0 Å². The first kappa shape index (κ1) is 14.0. The number of nitrogens with zero attached hydrogens (tertiary/aromatic N) is 2. The lowest BCUT2D eigenvalue weighted by Gasteiger charge is -2.19. The third-order valence-electron chi connectivity index (χ3n) is 3.33. The zero-order valence-corrected chi connectivity index (χ0v) is 12.9. The van der Waals surface area contributed by atoms with Crippen LogP contribution >= 0.6 is 0 Å². The molecule has 3 rings (SSSR count). The monoisotopic (exact) mass is 304 g/mol. The van der Waals surface area contributed by atoms with Gasteiger partial charge in [-0.2, -0.15) is 0 Å². The highest BCUT2D eigenvalue weighted by molar-refractivity contribution is 7.90. The second-order valence-corrected chi connectivity index (χ2v) is 8.03. The van der Waals surface area contributed by atoms with Crippen LogP contribution in [0.3, 0.4) is 0 Å². The van der Waals surface area contributed by atoms with Crippen LogP contribution in [-0.2, 0) is 21.0 Å². The molecule has 0 aromatic carbocycles. The van der Waals surface area contributed by atoms with Gasteiger partial charge in [0.05, 0.1) is 11.9 Å². The van der Waals surface area contributed by atoms with Crippen LogP contribution in [0.1, 0.15) is 32.2 Å². The molecule has 0 amide bonds. The van der Waals surface area contributed by atoms with Gasteiger partial charge < -0.3 is 4.74 Å². The Balaban J connectivity index is 2.21. The van der Waals surface area contributed by atoms with Crippen molar-refractivity contribution in [1.29, 1.82) is 0 Å². The summed E-state index contributed by atoms with van der Waals surface area (Å²) in [7, 11) is -3.50. The van der Waals surface area contributed by atoms with Gasteiger partial charge in [0.1, 0.15) is 16.4 Å². The molecule has 1 aliphatic rings. The molecule has 2 aromatic heterocycles. The molecule has 0 spiro atoms. The molecule has 21 heavy (non-hydrogen) atoms. The highest BCUT2D eigenvalue weighted by atomic mass is 32.2. The van der Waals surface area contributed by atoms with Crippen LogP contribution in [-0.4, -0.2) is 18.4 Å². The van der Waals surface area contributed by atoms with Crippen molar-refractivity contribution < 1.29 is 13.2 Å². The lowest BCUT2D eigenvalue weighted by Crippen LogP contribution is -2.15. The van der Waals surface area contributed by atoms with Crippen LogP contribution in [0, 0.1) is 0 Å². The Morgan fingerprint density at radius 1 is 1.19 bits per heavy atom. The van der Waals surface area contributed by atoms with Crippen molar-refractivity contribution in [2.45, 2.75) is 36.8 Å². The SMILES string of the molecule is CC(C)(C)c1cc2c(cn1)Oc1cccnc1CS2(=O)=O. The van der Waals surface area contributed by atoms with E-state index >= 15 is 0 Å². The Hall–Kier alpha value is -1.95. The predicted octanol–water partition coefficient (Wildman–Crippen LogP) is 2.85. The number of fused-ring (bicyclic) bond motifs is 2. The van der Waals surface area contributed by atoms with E-state index in [1.165, 1.54) is 6.20 Å². The van der Waals surface area contributed by atoms with Gasteiger partial charge >= 0.3 is 0 Å². The standard InChI is InChI=1S/C15H16N2O3S/c1-15(2,3)14-7-13-12(8-17-14)20-11-5-4-6-16-10(11)9-21(13,18)19/h4-8H,9H2,1-3H3. The Morgan fingerprint density at radius 2 is 1.95 bits per heavy atom. The molecule has 0 fully saturated rings. The number of sulfone groups is 1. The number of ether oxygens (including phenoxy) is 1. The van der Waals surface area contributed by atoms with Crippen molar-refractivity contribution in [3.63, 3.8) is 0 Å². The van der Waals surface area contributed by atoms with Crippen molar-refractivity contribution in [3.05, 3.63) is 42.0 Å². The summed E-state index contributed by atoms with van der Waals surface area (Å²) in [4.78, 5) is 8.62. The molecule has 2 aromatic rings. The molecular formula is C15H16N2O3S. The molecule has 0 aliphatic carbocycles. The van der Waals surface area contributed by atoms with Gasteiger partial charge in [-0.3, -0.25) is 9.97 Å². The lowest BCUT2D eigenvalue weighted by molar-refractivity contribution is 0.459. The van der Waals surface area contributed by atoms with Crippen LogP contribution in [0.4, 0.5) is 0 Å². The summed E-state index contributed by atoms with van der Waals surface area (Å²) in [6.45, 7) is 5.96. The molecule has 5 nitrogen and oxygen atoms in total. The quantitative estimate of drug-likeness (QED) is 0.748. The van der Waals surface area contributed by atoms with E-state index in [4.69, 9.17) is 4.74 Å². The number of aromatic nitrogens is 2. The smallest absolute Gasteiger partial charge is 0.188 e.